The third-order valence-corrected chi connectivity index (χ3v) is 1.60. The van der Waals surface area contributed by atoms with Crippen LogP contribution >= 0.6 is 0 Å². The maximum Gasteiger partial charge on any atom is 0.0682 e. The fourth-order valence-electron chi connectivity index (χ4n) is 0.979. The summed E-state index contributed by atoms with van der Waals surface area (Å²) >= 11 is 0. The molecular weight excluding hydrogens is 152 g/mol. The molecule has 0 unspecified atom stereocenters. The molecule has 0 amide bonds. The van der Waals surface area contributed by atoms with Crippen molar-refractivity contribution < 1.29 is 5.11 Å². The van der Waals surface area contributed by atoms with Gasteiger partial charge in [-0.2, -0.15) is 0 Å². The Kier molecular flexibility index (Phi) is 2.82. The van der Waals surface area contributed by atoms with Gasteiger partial charge in [-0.15, -0.1) is 0 Å². The van der Waals surface area contributed by atoms with Crippen molar-refractivity contribution in [2.75, 3.05) is 12.8 Å². The molecule has 0 aliphatic heterocycles. The average Bonchev–Trinajstić information content (AvgIpc) is 2.09. The van der Waals surface area contributed by atoms with Gasteiger partial charge in [0, 0.05) is 24.5 Å². The first-order valence-electron chi connectivity index (χ1n) is 3.69. The standard InChI is InChI=1S/C9H12N2O/c1-11-5-8-3-2-7(6-12)4-9(8)10/h2-5,12H,6,10H2,1H3. The number of anilines is 1. The minimum absolute atomic E-state index is 0.0216. The molecule has 0 fully saturated rings. The molecular formula is C9H12N2O. The lowest BCUT2D eigenvalue weighted by Gasteiger charge is -2.01. The number of benzene rings is 1. The second kappa shape index (κ2) is 3.88. The molecule has 0 saturated heterocycles. The minimum Gasteiger partial charge on any atom is -0.398 e. The van der Waals surface area contributed by atoms with Crippen LogP contribution in [0.2, 0.25) is 0 Å². The predicted octanol–water partition coefficient (Wildman–Crippen LogP) is 0.810. The Bertz CT molecular complexity index is 295. The lowest BCUT2D eigenvalue weighted by Crippen LogP contribution is -1.95. The number of aliphatic hydroxyl groups excluding tert-OH is 1. The first-order chi connectivity index (χ1) is 5.77. The zero-order valence-electron chi connectivity index (χ0n) is 6.99. The Hall–Kier alpha value is -1.35. The van der Waals surface area contributed by atoms with Gasteiger partial charge in [-0.3, -0.25) is 4.99 Å². The highest BCUT2D eigenvalue weighted by Crippen LogP contribution is 2.12. The number of hydrogen-bond acceptors (Lipinski definition) is 3. The van der Waals surface area contributed by atoms with E-state index >= 15 is 0 Å². The molecule has 0 bridgehead atoms. The van der Waals surface area contributed by atoms with Gasteiger partial charge in [0.15, 0.2) is 0 Å². The number of nitrogen functional groups attached to an aromatic ring is 1. The van der Waals surface area contributed by atoms with Crippen molar-refractivity contribution >= 4 is 11.9 Å². The van der Waals surface area contributed by atoms with Crippen LogP contribution in [0.1, 0.15) is 11.1 Å². The first kappa shape index (κ1) is 8.74. The molecule has 0 aromatic heterocycles. The van der Waals surface area contributed by atoms with Crippen molar-refractivity contribution in [2.24, 2.45) is 4.99 Å². The topological polar surface area (TPSA) is 58.6 Å². The van der Waals surface area contributed by atoms with E-state index in [9.17, 15) is 0 Å². The Morgan fingerprint density at radius 3 is 2.83 bits per heavy atom. The van der Waals surface area contributed by atoms with E-state index < -0.39 is 0 Å². The van der Waals surface area contributed by atoms with Crippen molar-refractivity contribution in [2.45, 2.75) is 6.61 Å². The lowest BCUT2D eigenvalue weighted by atomic mass is 10.1. The highest BCUT2D eigenvalue weighted by molar-refractivity contribution is 5.86. The molecule has 12 heavy (non-hydrogen) atoms. The summed E-state index contributed by atoms with van der Waals surface area (Å²) in [5.41, 5.74) is 8.03. The van der Waals surface area contributed by atoms with E-state index in [0.717, 1.165) is 11.1 Å². The molecule has 3 heteroatoms. The van der Waals surface area contributed by atoms with Crippen LogP contribution in [0.25, 0.3) is 0 Å². The molecule has 64 valence electrons. The van der Waals surface area contributed by atoms with Gasteiger partial charge in [0.25, 0.3) is 0 Å². The summed E-state index contributed by atoms with van der Waals surface area (Å²) in [6.07, 6.45) is 1.69. The third-order valence-electron chi connectivity index (χ3n) is 1.60. The van der Waals surface area contributed by atoms with Crippen LogP contribution in [0.4, 0.5) is 5.69 Å². The Labute approximate surface area is 71.6 Å². The molecule has 0 spiro atoms. The molecule has 0 atom stereocenters. The molecule has 0 aliphatic carbocycles. The summed E-state index contributed by atoms with van der Waals surface area (Å²) in [7, 11) is 1.69. The van der Waals surface area contributed by atoms with Crippen molar-refractivity contribution in [1.82, 2.24) is 0 Å². The highest BCUT2D eigenvalue weighted by Gasteiger charge is 1.96. The van der Waals surface area contributed by atoms with E-state index in [1.807, 2.05) is 12.1 Å². The summed E-state index contributed by atoms with van der Waals surface area (Å²) in [6, 6.07) is 5.41. The zero-order chi connectivity index (χ0) is 8.97. The van der Waals surface area contributed by atoms with Crippen LogP contribution in [0.15, 0.2) is 23.2 Å². The van der Waals surface area contributed by atoms with E-state index in [-0.39, 0.29) is 6.61 Å². The van der Waals surface area contributed by atoms with Crippen LogP contribution in [0, 0.1) is 0 Å². The van der Waals surface area contributed by atoms with Gasteiger partial charge in [0.05, 0.1) is 6.61 Å². The van der Waals surface area contributed by atoms with E-state index in [1.54, 1.807) is 19.3 Å². The quantitative estimate of drug-likeness (QED) is 0.502. The monoisotopic (exact) mass is 164 g/mol. The number of rotatable bonds is 2. The molecule has 3 N–H and O–H groups in total. The van der Waals surface area contributed by atoms with E-state index in [2.05, 4.69) is 4.99 Å². The third kappa shape index (κ3) is 1.83. The van der Waals surface area contributed by atoms with Crippen LogP contribution in [-0.4, -0.2) is 18.4 Å². The molecule has 3 nitrogen and oxygen atoms in total. The number of aliphatic imine (C=N–C) groups is 1. The molecule has 0 heterocycles. The SMILES string of the molecule is CN=Cc1ccc(CO)cc1N. The van der Waals surface area contributed by atoms with Gasteiger partial charge in [0.2, 0.25) is 0 Å². The molecule has 1 aromatic carbocycles. The minimum atomic E-state index is 0.0216. The number of hydrogen-bond donors (Lipinski definition) is 2. The number of nitrogens with two attached hydrogens (primary N) is 1. The van der Waals surface area contributed by atoms with Crippen molar-refractivity contribution in [3.05, 3.63) is 29.3 Å². The van der Waals surface area contributed by atoms with Crippen LogP contribution < -0.4 is 5.73 Å². The largest absolute Gasteiger partial charge is 0.398 e. The maximum atomic E-state index is 8.79. The lowest BCUT2D eigenvalue weighted by molar-refractivity contribution is 0.282. The van der Waals surface area contributed by atoms with Crippen LogP contribution in [-0.2, 0) is 6.61 Å². The van der Waals surface area contributed by atoms with Crippen molar-refractivity contribution in [3.8, 4) is 0 Å². The van der Waals surface area contributed by atoms with Gasteiger partial charge >= 0.3 is 0 Å². The summed E-state index contributed by atoms with van der Waals surface area (Å²) in [4.78, 5) is 3.85. The molecule has 0 radical (unpaired) electrons. The molecule has 0 saturated carbocycles. The summed E-state index contributed by atoms with van der Waals surface area (Å²) in [5, 5.41) is 8.79. The number of nitrogens with zero attached hydrogens (tertiary/aromatic N) is 1. The second-order valence-electron chi connectivity index (χ2n) is 2.51. The van der Waals surface area contributed by atoms with Gasteiger partial charge < -0.3 is 10.8 Å². The fourth-order valence-corrected chi connectivity index (χ4v) is 0.979. The fraction of sp³-hybridized carbons (Fsp3) is 0.222. The van der Waals surface area contributed by atoms with Gasteiger partial charge in [-0.05, 0) is 11.6 Å². The zero-order valence-corrected chi connectivity index (χ0v) is 6.99. The molecule has 1 rings (SSSR count). The van der Waals surface area contributed by atoms with Crippen LogP contribution in [0.5, 0.6) is 0 Å². The number of aliphatic hydroxyl groups is 1. The normalized spacial score (nSPS) is 10.8. The second-order valence-corrected chi connectivity index (χ2v) is 2.51. The van der Waals surface area contributed by atoms with Gasteiger partial charge in [-0.25, -0.2) is 0 Å². The predicted molar refractivity (Wildman–Crippen MR) is 50.3 cm³/mol. The Balaban J connectivity index is 3.03. The van der Waals surface area contributed by atoms with Crippen molar-refractivity contribution in [1.29, 1.82) is 0 Å². The van der Waals surface area contributed by atoms with Crippen molar-refractivity contribution in [3.63, 3.8) is 0 Å². The molecule has 1 aromatic rings. The Morgan fingerprint density at radius 1 is 1.58 bits per heavy atom. The van der Waals surface area contributed by atoms with E-state index in [0.29, 0.717) is 5.69 Å². The van der Waals surface area contributed by atoms with E-state index in [1.165, 1.54) is 0 Å². The van der Waals surface area contributed by atoms with Gasteiger partial charge in [0.1, 0.15) is 0 Å². The summed E-state index contributed by atoms with van der Waals surface area (Å²) < 4.78 is 0. The maximum absolute atomic E-state index is 8.79. The average molecular weight is 164 g/mol. The Morgan fingerprint density at radius 2 is 2.33 bits per heavy atom. The van der Waals surface area contributed by atoms with E-state index in [4.69, 9.17) is 10.8 Å². The smallest absolute Gasteiger partial charge is 0.0682 e. The highest BCUT2D eigenvalue weighted by atomic mass is 16.3. The van der Waals surface area contributed by atoms with Crippen LogP contribution in [0.3, 0.4) is 0 Å². The molecule has 0 aliphatic rings. The summed E-state index contributed by atoms with van der Waals surface area (Å²) in [5.74, 6) is 0. The first-order valence-corrected chi connectivity index (χ1v) is 3.69. The summed E-state index contributed by atoms with van der Waals surface area (Å²) in [6.45, 7) is 0.0216. The van der Waals surface area contributed by atoms with Gasteiger partial charge in [-0.1, -0.05) is 12.1 Å².